The van der Waals surface area contributed by atoms with Crippen LogP contribution in [0, 0.1) is 6.92 Å². The Balaban J connectivity index is 1.89. The van der Waals surface area contributed by atoms with Crippen molar-refractivity contribution in [1.29, 1.82) is 0 Å². The molecular weight excluding hydrogens is 460 g/mol. The summed E-state index contributed by atoms with van der Waals surface area (Å²) in [5, 5.41) is 3.48. The molecule has 1 N–H and O–H groups in total. The Morgan fingerprint density at radius 3 is 2.36 bits per heavy atom. The van der Waals surface area contributed by atoms with Crippen molar-refractivity contribution < 1.29 is 17.9 Å². The summed E-state index contributed by atoms with van der Waals surface area (Å²) in [7, 11) is -2.61. The summed E-state index contributed by atoms with van der Waals surface area (Å²) >= 11 is 5.94. The lowest BCUT2D eigenvalue weighted by Gasteiger charge is -2.24. The minimum atomic E-state index is -4.04. The van der Waals surface area contributed by atoms with Gasteiger partial charge in [0.25, 0.3) is 0 Å². The summed E-state index contributed by atoms with van der Waals surface area (Å²) in [5.74, 6) is -0.183. The van der Waals surface area contributed by atoms with E-state index in [2.05, 4.69) is 5.32 Å². The molecule has 0 bridgehead atoms. The lowest BCUT2D eigenvalue weighted by atomic mass is 10.1. The van der Waals surface area contributed by atoms with E-state index in [0.717, 1.165) is 16.7 Å². The zero-order chi connectivity index (χ0) is 24.0. The van der Waals surface area contributed by atoms with Crippen LogP contribution in [0.1, 0.15) is 29.7 Å². The van der Waals surface area contributed by atoms with Gasteiger partial charge in [0, 0.05) is 11.6 Å². The number of hydrogen-bond donors (Lipinski definition) is 1. The van der Waals surface area contributed by atoms with Crippen molar-refractivity contribution in [3.8, 4) is 5.75 Å². The average molecular weight is 487 g/mol. The maximum Gasteiger partial charge on any atom is 0.247 e. The molecule has 174 valence electrons. The quantitative estimate of drug-likeness (QED) is 0.474. The number of halogens is 1. The monoisotopic (exact) mass is 486 g/mol. The van der Waals surface area contributed by atoms with E-state index in [1.54, 1.807) is 37.3 Å². The van der Waals surface area contributed by atoms with Gasteiger partial charge in [-0.1, -0.05) is 60.1 Å². The standard InChI is InChI=1S/C25H27ClN2O4S/c1-18-9-14-23(32-3)24(15-18)33(30,31)28(16-20-7-5-4-6-8-20)17-25(29)27-19(2)21-10-12-22(26)13-11-21/h4-15,19H,16-17H2,1-3H3,(H,27,29). The van der Waals surface area contributed by atoms with Crippen molar-refractivity contribution in [3.63, 3.8) is 0 Å². The van der Waals surface area contributed by atoms with Gasteiger partial charge in [-0.05, 0) is 54.8 Å². The predicted octanol–water partition coefficient (Wildman–Crippen LogP) is 4.73. The largest absolute Gasteiger partial charge is 0.495 e. The smallest absolute Gasteiger partial charge is 0.247 e. The molecule has 0 heterocycles. The number of amides is 1. The first-order chi connectivity index (χ1) is 15.7. The summed E-state index contributed by atoms with van der Waals surface area (Å²) in [5.41, 5.74) is 2.41. The molecule has 0 aliphatic rings. The second-order valence-corrected chi connectivity index (χ2v) is 10.1. The molecule has 1 unspecified atom stereocenters. The molecule has 3 rings (SSSR count). The van der Waals surface area contributed by atoms with E-state index in [9.17, 15) is 13.2 Å². The van der Waals surface area contributed by atoms with Crippen molar-refractivity contribution >= 4 is 27.5 Å². The Labute approximate surface area is 200 Å². The van der Waals surface area contributed by atoms with Gasteiger partial charge < -0.3 is 10.1 Å². The molecule has 8 heteroatoms. The topological polar surface area (TPSA) is 75.7 Å². The number of methoxy groups -OCH3 is 1. The molecule has 3 aromatic carbocycles. The number of carbonyl (C=O) groups is 1. The number of hydrogen-bond acceptors (Lipinski definition) is 4. The van der Waals surface area contributed by atoms with Crippen molar-refractivity contribution in [2.75, 3.05) is 13.7 Å². The third kappa shape index (κ3) is 6.35. The summed E-state index contributed by atoms with van der Waals surface area (Å²) in [6.07, 6.45) is 0. The number of aryl methyl sites for hydroxylation is 1. The van der Waals surface area contributed by atoms with E-state index in [4.69, 9.17) is 16.3 Å². The van der Waals surface area contributed by atoms with Crippen LogP contribution in [-0.2, 0) is 21.4 Å². The summed E-state index contributed by atoms with van der Waals surface area (Å²) in [6.45, 7) is 3.34. The van der Waals surface area contributed by atoms with Crippen LogP contribution in [0.4, 0.5) is 0 Å². The highest BCUT2D eigenvalue weighted by Crippen LogP contribution is 2.29. The normalized spacial score (nSPS) is 12.4. The number of ether oxygens (including phenoxy) is 1. The van der Waals surface area contributed by atoms with Crippen molar-refractivity contribution in [2.24, 2.45) is 0 Å². The van der Waals surface area contributed by atoms with Crippen LogP contribution < -0.4 is 10.1 Å². The third-order valence-electron chi connectivity index (χ3n) is 5.21. The Morgan fingerprint density at radius 2 is 1.73 bits per heavy atom. The Bertz CT molecular complexity index is 1200. The van der Waals surface area contributed by atoms with Crippen LogP contribution in [0.5, 0.6) is 5.75 Å². The maximum absolute atomic E-state index is 13.6. The highest BCUT2D eigenvalue weighted by Gasteiger charge is 2.30. The fraction of sp³-hybridized carbons (Fsp3) is 0.240. The Morgan fingerprint density at radius 1 is 1.06 bits per heavy atom. The molecule has 0 fully saturated rings. The zero-order valence-electron chi connectivity index (χ0n) is 18.8. The number of benzene rings is 3. The van der Waals surface area contributed by atoms with E-state index >= 15 is 0 Å². The van der Waals surface area contributed by atoms with Crippen LogP contribution in [0.25, 0.3) is 0 Å². The van der Waals surface area contributed by atoms with E-state index in [1.165, 1.54) is 11.4 Å². The fourth-order valence-corrected chi connectivity index (χ4v) is 5.17. The van der Waals surface area contributed by atoms with Gasteiger partial charge in [0.2, 0.25) is 15.9 Å². The van der Waals surface area contributed by atoms with Gasteiger partial charge in [-0.2, -0.15) is 4.31 Å². The van der Waals surface area contributed by atoms with Crippen LogP contribution in [0.3, 0.4) is 0 Å². The SMILES string of the molecule is COc1ccc(C)cc1S(=O)(=O)N(CC(=O)NC(C)c1ccc(Cl)cc1)Cc1ccccc1. The van der Waals surface area contributed by atoms with Crippen LogP contribution in [0.15, 0.2) is 77.7 Å². The van der Waals surface area contributed by atoms with Gasteiger partial charge >= 0.3 is 0 Å². The van der Waals surface area contributed by atoms with Crippen LogP contribution >= 0.6 is 11.6 Å². The molecule has 0 radical (unpaired) electrons. The fourth-order valence-electron chi connectivity index (χ4n) is 3.42. The lowest BCUT2D eigenvalue weighted by Crippen LogP contribution is -2.41. The maximum atomic E-state index is 13.6. The molecule has 0 saturated carbocycles. The molecule has 6 nitrogen and oxygen atoms in total. The summed E-state index contributed by atoms with van der Waals surface area (Å²) in [6, 6.07) is 20.9. The minimum Gasteiger partial charge on any atom is -0.495 e. The van der Waals surface area contributed by atoms with E-state index in [0.29, 0.717) is 5.02 Å². The van der Waals surface area contributed by atoms with E-state index in [-0.39, 0.29) is 29.8 Å². The number of nitrogens with zero attached hydrogens (tertiary/aromatic N) is 1. The highest BCUT2D eigenvalue weighted by atomic mass is 35.5. The third-order valence-corrected chi connectivity index (χ3v) is 7.27. The number of rotatable bonds is 9. The highest BCUT2D eigenvalue weighted by molar-refractivity contribution is 7.89. The second-order valence-electron chi connectivity index (χ2n) is 7.75. The van der Waals surface area contributed by atoms with E-state index < -0.39 is 15.9 Å². The molecule has 0 saturated heterocycles. The van der Waals surface area contributed by atoms with Crippen molar-refractivity contribution in [1.82, 2.24) is 9.62 Å². The predicted molar refractivity (Wildman–Crippen MR) is 130 cm³/mol. The summed E-state index contributed by atoms with van der Waals surface area (Å²) < 4.78 is 33.8. The van der Waals surface area contributed by atoms with Crippen LogP contribution in [-0.4, -0.2) is 32.3 Å². The Kier molecular flexibility index (Phi) is 8.13. The minimum absolute atomic E-state index is 0.0273. The molecular formula is C25H27ClN2O4S. The van der Waals surface area contributed by atoms with Gasteiger partial charge in [-0.25, -0.2) is 8.42 Å². The molecule has 0 aliphatic carbocycles. The number of nitrogens with one attached hydrogen (secondary N) is 1. The lowest BCUT2D eigenvalue weighted by molar-refractivity contribution is -0.122. The molecule has 0 aromatic heterocycles. The van der Waals surface area contributed by atoms with Crippen molar-refractivity contribution in [2.45, 2.75) is 31.3 Å². The van der Waals surface area contributed by atoms with Gasteiger partial charge in [0.05, 0.1) is 19.7 Å². The zero-order valence-corrected chi connectivity index (χ0v) is 20.4. The molecule has 0 spiro atoms. The number of carbonyl (C=O) groups excluding carboxylic acids is 1. The molecule has 1 amide bonds. The first-order valence-corrected chi connectivity index (χ1v) is 12.3. The first-order valence-electron chi connectivity index (χ1n) is 10.4. The van der Waals surface area contributed by atoms with E-state index in [1.807, 2.05) is 49.4 Å². The molecule has 3 aromatic rings. The second kappa shape index (κ2) is 10.8. The van der Waals surface area contributed by atoms with Gasteiger partial charge in [-0.15, -0.1) is 0 Å². The van der Waals surface area contributed by atoms with Gasteiger partial charge in [-0.3, -0.25) is 4.79 Å². The first kappa shape index (κ1) is 24.8. The summed E-state index contributed by atoms with van der Waals surface area (Å²) in [4.78, 5) is 12.9. The van der Waals surface area contributed by atoms with Gasteiger partial charge in [0.1, 0.15) is 10.6 Å². The Hall–Kier alpha value is -2.87. The van der Waals surface area contributed by atoms with Gasteiger partial charge in [0.15, 0.2) is 0 Å². The molecule has 1 atom stereocenters. The molecule has 0 aliphatic heterocycles. The average Bonchev–Trinajstić information content (AvgIpc) is 2.79. The molecule has 33 heavy (non-hydrogen) atoms. The number of sulfonamides is 1. The van der Waals surface area contributed by atoms with Crippen molar-refractivity contribution in [3.05, 3.63) is 94.5 Å². The van der Waals surface area contributed by atoms with Crippen LogP contribution in [0.2, 0.25) is 5.02 Å².